The number of hydrogen-bond acceptors (Lipinski definition) is 0. The van der Waals surface area contributed by atoms with Crippen LogP contribution >= 0.6 is 7.26 Å². The summed E-state index contributed by atoms with van der Waals surface area (Å²) in [6, 6.07) is 23.1. The first-order chi connectivity index (χ1) is 23.3. The summed E-state index contributed by atoms with van der Waals surface area (Å²) in [5.41, 5.74) is 3.18. The third-order valence-electron chi connectivity index (χ3n) is 10.7. The van der Waals surface area contributed by atoms with Crippen molar-refractivity contribution < 1.29 is 0 Å². The predicted octanol–water partition coefficient (Wildman–Crippen LogP) is 16.4. The van der Waals surface area contributed by atoms with Gasteiger partial charge >= 0.3 is 0 Å². The van der Waals surface area contributed by atoms with Crippen LogP contribution in [0, 0.1) is 0 Å². The van der Waals surface area contributed by atoms with Crippen molar-refractivity contribution in [3.8, 4) is 0 Å². The molecule has 268 valence electrons. The molecule has 0 saturated heterocycles. The zero-order valence-electron chi connectivity index (χ0n) is 31.8. The Kier molecular flexibility index (Phi) is 27.6. The molecule has 0 fully saturated rings. The first kappa shape index (κ1) is 42.0. The van der Waals surface area contributed by atoms with Gasteiger partial charge in [-0.3, -0.25) is 0 Å². The average molecular weight is 664 g/mol. The molecule has 0 nitrogen and oxygen atoms in total. The van der Waals surface area contributed by atoms with E-state index in [4.69, 9.17) is 0 Å². The Balaban J connectivity index is 1.74. The number of unbranched alkanes of at least 4 members (excludes halogenated alkanes) is 26. The lowest BCUT2D eigenvalue weighted by Gasteiger charge is -2.29. The molecule has 0 saturated carbocycles. The Bertz CT molecular complexity index is 814. The molecule has 0 radical (unpaired) electrons. The van der Waals surface area contributed by atoms with E-state index >= 15 is 0 Å². The molecule has 0 unspecified atom stereocenters. The van der Waals surface area contributed by atoms with Crippen LogP contribution in [0.2, 0.25) is 0 Å². The van der Waals surface area contributed by atoms with E-state index in [9.17, 15) is 0 Å². The molecule has 0 aliphatic carbocycles. The second-order valence-corrected chi connectivity index (χ2v) is 19.5. The van der Waals surface area contributed by atoms with Gasteiger partial charge in [-0.05, 0) is 36.8 Å². The van der Waals surface area contributed by atoms with Crippen molar-refractivity contribution in [1.82, 2.24) is 0 Å². The van der Waals surface area contributed by atoms with E-state index in [0.29, 0.717) is 0 Å². The van der Waals surface area contributed by atoms with Crippen molar-refractivity contribution >= 4 is 7.26 Å². The molecule has 0 spiro atoms. The summed E-state index contributed by atoms with van der Waals surface area (Å²) in [7, 11) is -1.11. The van der Waals surface area contributed by atoms with E-state index in [2.05, 4.69) is 74.5 Å². The normalized spacial score (nSPS) is 11.8. The first-order valence-electron chi connectivity index (χ1n) is 21.2. The predicted molar refractivity (Wildman–Crippen MR) is 218 cm³/mol. The molecule has 47 heavy (non-hydrogen) atoms. The van der Waals surface area contributed by atoms with Crippen LogP contribution in [0.15, 0.2) is 60.7 Å². The van der Waals surface area contributed by atoms with Crippen LogP contribution in [-0.2, 0) is 12.3 Å². The van der Waals surface area contributed by atoms with Crippen molar-refractivity contribution in [2.75, 3.05) is 12.3 Å². The van der Waals surface area contributed by atoms with Crippen LogP contribution in [0.1, 0.15) is 205 Å². The number of benzene rings is 2. The van der Waals surface area contributed by atoms with E-state index in [1.807, 2.05) is 0 Å². The monoisotopic (exact) mass is 664 g/mol. The van der Waals surface area contributed by atoms with Gasteiger partial charge in [0.05, 0.1) is 24.6 Å². The lowest BCUT2D eigenvalue weighted by Crippen LogP contribution is -2.11. The van der Waals surface area contributed by atoms with Gasteiger partial charge in [-0.15, -0.1) is 0 Å². The van der Waals surface area contributed by atoms with Gasteiger partial charge in [0, 0.05) is 7.26 Å². The zero-order chi connectivity index (χ0) is 33.4. The summed E-state index contributed by atoms with van der Waals surface area (Å²) in [5.74, 6) is 0. The summed E-state index contributed by atoms with van der Waals surface area (Å²) in [4.78, 5) is 0. The molecule has 1 heteroatoms. The Morgan fingerprint density at radius 3 is 0.787 bits per heavy atom. The van der Waals surface area contributed by atoms with Crippen LogP contribution in [0.25, 0.3) is 0 Å². The van der Waals surface area contributed by atoms with Gasteiger partial charge in [0.2, 0.25) is 0 Å². The quantitative estimate of drug-likeness (QED) is 0.0516. The van der Waals surface area contributed by atoms with Crippen LogP contribution < -0.4 is 0 Å². The highest BCUT2D eigenvalue weighted by Gasteiger charge is 2.36. The summed E-state index contributed by atoms with van der Waals surface area (Å²) in [5, 5.41) is 0. The number of hydrogen-bond donors (Lipinski definition) is 0. The smallest absolute Gasteiger partial charge is 0.0654 e. The highest BCUT2D eigenvalue weighted by Crippen LogP contribution is 2.65. The molecule has 0 aliphatic rings. The molecule has 2 aromatic rings. The van der Waals surface area contributed by atoms with Crippen molar-refractivity contribution in [2.24, 2.45) is 0 Å². The summed E-state index contributed by atoms with van der Waals surface area (Å²) >= 11 is 0. The molecule has 0 aliphatic heterocycles. The maximum Gasteiger partial charge on any atom is 0.0846 e. The Labute approximate surface area is 296 Å². The summed E-state index contributed by atoms with van der Waals surface area (Å²) in [6.45, 7) is 4.63. The van der Waals surface area contributed by atoms with E-state index in [-0.39, 0.29) is 0 Å². The lowest BCUT2D eigenvalue weighted by atomic mass is 10.0. The fourth-order valence-electron chi connectivity index (χ4n) is 7.71. The van der Waals surface area contributed by atoms with Crippen LogP contribution in [0.5, 0.6) is 0 Å². The molecule has 0 amide bonds. The van der Waals surface area contributed by atoms with E-state index in [1.54, 1.807) is 11.1 Å². The fourth-order valence-corrected chi connectivity index (χ4v) is 12.4. The van der Waals surface area contributed by atoms with Gasteiger partial charge in [-0.25, -0.2) is 0 Å². The van der Waals surface area contributed by atoms with Gasteiger partial charge in [0.15, 0.2) is 0 Å². The Hall–Kier alpha value is -1.13. The SMILES string of the molecule is CCCCCCCCCCCCCCCC[P+](CCCCCCCCCCCCCCCC)(Cc1ccccc1)Cc1ccccc1. The molecule has 0 N–H and O–H groups in total. The minimum absolute atomic E-state index is 1.11. The third kappa shape index (κ3) is 23.8. The molecule has 0 bridgehead atoms. The fraction of sp³-hybridized carbons (Fsp3) is 0.739. The molecular formula is C46H80P+. The average Bonchev–Trinajstić information content (AvgIpc) is 3.09. The highest BCUT2D eigenvalue weighted by molar-refractivity contribution is 7.74. The highest BCUT2D eigenvalue weighted by atomic mass is 31.2. The van der Waals surface area contributed by atoms with Crippen molar-refractivity contribution in [3.63, 3.8) is 0 Å². The van der Waals surface area contributed by atoms with Crippen molar-refractivity contribution in [3.05, 3.63) is 71.8 Å². The Morgan fingerprint density at radius 2 is 0.532 bits per heavy atom. The van der Waals surface area contributed by atoms with Crippen molar-refractivity contribution in [2.45, 2.75) is 206 Å². The standard InChI is InChI=1S/C46H80P/c1-3-5-7-9-11-13-15-17-19-21-23-25-27-35-41-47(43-45-37-31-29-32-38-45,44-46-39-33-30-34-40-46)42-36-28-26-24-22-20-18-16-14-12-10-8-6-4-2/h29-34,37-40H,3-28,35-36,41-44H2,1-2H3/q+1. The van der Waals surface area contributed by atoms with Crippen LogP contribution in [0.3, 0.4) is 0 Å². The van der Waals surface area contributed by atoms with E-state index in [1.165, 1.54) is 204 Å². The largest absolute Gasteiger partial charge is 0.0846 e. The minimum Gasteiger partial charge on any atom is -0.0654 e. The molecule has 2 aromatic carbocycles. The van der Waals surface area contributed by atoms with Gasteiger partial charge in [-0.1, -0.05) is 229 Å². The van der Waals surface area contributed by atoms with Crippen LogP contribution in [0.4, 0.5) is 0 Å². The van der Waals surface area contributed by atoms with Gasteiger partial charge in [-0.2, -0.15) is 0 Å². The second kappa shape index (κ2) is 30.9. The molecular weight excluding hydrogens is 583 g/mol. The van der Waals surface area contributed by atoms with Crippen molar-refractivity contribution in [1.29, 1.82) is 0 Å². The van der Waals surface area contributed by atoms with Gasteiger partial charge in [0.25, 0.3) is 0 Å². The van der Waals surface area contributed by atoms with E-state index in [0.717, 1.165) is 0 Å². The molecule has 2 rings (SSSR count). The first-order valence-corrected chi connectivity index (χ1v) is 23.7. The summed E-state index contributed by atoms with van der Waals surface area (Å²) < 4.78 is 0. The van der Waals surface area contributed by atoms with E-state index < -0.39 is 7.26 Å². The second-order valence-electron chi connectivity index (χ2n) is 15.3. The lowest BCUT2D eigenvalue weighted by molar-refractivity contribution is 0.537. The van der Waals surface area contributed by atoms with Crippen LogP contribution in [-0.4, -0.2) is 12.3 Å². The molecule has 0 atom stereocenters. The van der Waals surface area contributed by atoms with Gasteiger partial charge in [0.1, 0.15) is 0 Å². The van der Waals surface area contributed by atoms with Gasteiger partial charge < -0.3 is 0 Å². The third-order valence-corrected chi connectivity index (χ3v) is 15.3. The zero-order valence-corrected chi connectivity index (χ0v) is 32.7. The Morgan fingerprint density at radius 1 is 0.298 bits per heavy atom. The molecule has 0 aromatic heterocycles. The number of rotatable bonds is 34. The maximum absolute atomic E-state index is 2.41. The summed E-state index contributed by atoms with van der Waals surface area (Å²) in [6.07, 6.45) is 46.3. The maximum atomic E-state index is 2.41. The molecule has 0 heterocycles. The topological polar surface area (TPSA) is 0 Å². The minimum atomic E-state index is -1.11.